The van der Waals surface area contributed by atoms with E-state index in [1.54, 1.807) is 0 Å². The monoisotopic (exact) mass is 376 g/mol. The largest absolute Gasteiger partial charge is 0.452 e. The average Bonchev–Trinajstić information content (AvgIpc) is 2.68. The first kappa shape index (κ1) is 19.5. The molecule has 28 heavy (non-hydrogen) atoms. The molecule has 2 aromatic carbocycles. The normalized spacial score (nSPS) is 10.7. The standard InChI is InChI=1S/C23H24N2O3/c1-5-18-22(16(4)17-8-6-7-9-19(17)24-18)23(27)28-13-21(26)25-20-12-14(2)10-11-15(20)3/h6-12H,5,13H2,1-4H3,(H,25,26). The predicted octanol–water partition coefficient (Wildman–Crippen LogP) is 4.52. The zero-order chi connectivity index (χ0) is 20.3. The molecule has 5 nitrogen and oxygen atoms in total. The van der Waals surface area contributed by atoms with E-state index < -0.39 is 5.97 Å². The molecule has 0 saturated heterocycles. The van der Waals surface area contributed by atoms with Gasteiger partial charge >= 0.3 is 5.97 Å². The Morgan fingerprint density at radius 2 is 1.82 bits per heavy atom. The van der Waals surface area contributed by atoms with Crippen LogP contribution < -0.4 is 5.32 Å². The first-order chi connectivity index (χ1) is 13.4. The third-order valence-corrected chi connectivity index (χ3v) is 4.77. The van der Waals surface area contributed by atoms with Crippen LogP contribution in [-0.4, -0.2) is 23.5 Å². The summed E-state index contributed by atoms with van der Waals surface area (Å²) < 4.78 is 5.31. The number of hydrogen-bond donors (Lipinski definition) is 1. The fourth-order valence-electron chi connectivity index (χ4n) is 3.23. The lowest BCUT2D eigenvalue weighted by Crippen LogP contribution is -2.22. The predicted molar refractivity (Wildman–Crippen MR) is 111 cm³/mol. The van der Waals surface area contributed by atoms with Gasteiger partial charge in [0, 0.05) is 11.1 Å². The summed E-state index contributed by atoms with van der Waals surface area (Å²) in [4.78, 5) is 29.6. The van der Waals surface area contributed by atoms with Crippen LogP contribution in [0.3, 0.4) is 0 Å². The number of hydrogen-bond acceptors (Lipinski definition) is 4. The van der Waals surface area contributed by atoms with Gasteiger partial charge < -0.3 is 10.1 Å². The second-order valence-corrected chi connectivity index (χ2v) is 6.87. The van der Waals surface area contributed by atoms with Crippen molar-refractivity contribution in [3.63, 3.8) is 0 Å². The number of ether oxygens (including phenoxy) is 1. The van der Waals surface area contributed by atoms with Crippen molar-refractivity contribution in [2.75, 3.05) is 11.9 Å². The molecular weight excluding hydrogens is 352 g/mol. The van der Waals surface area contributed by atoms with Crippen molar-refractivity contribution >= 4 is 28.5 Å². The average molecular weight is 376 g/mol. The van der Waals surface area contributed by atoms with E-state index in [0.29, 0.717) is 17.7 Å². The number of nitrogens with one attached hydrogen (secondary N) is 1. The van der Waals surface area contributed by atoms with Gasteiger partial charge in [-0.2, -0.15) is 0 Å². The maximum atomic E-state index is 12.7. The summed E-state index contributed by atoms with van der Waals surface area (Å²) in [5.74, 6) is -0.893. The number of aryl methyl sites for hydroxylation is 4. The lowest BCUT2D eigenvalue weighted by Gasteiger charge is -2.14. The minimum absolute atomic E-state index is 0.346. The van der Waals surface area contributed by atoms with Crippen molar-refractivity contribution in [3.8, 4) is 0 Å². The molecule has 0 aliphatic heterocycles. The van der Waals surface area contributed by atoms with Crippen LogP contribution >= 0.6 is 0 Å². The van der Waals surface area contributed by atoms with E-state index >= 15 is 0 Å². The van der Waals surface area contributed by atoms with Crippen LogP contribution in [0.1, 0.15) is 39.7 Å². The highest BCUT2D eigenvalue weighted by atomic mass is 16.5. The maximum Gasteiger partial charge on any atom is 0.340 e. The molecule has 0 fully saturated rings. The number of esters is 1. The minimum Gasteiger partial charge on any atom is -0.452 e. The number of fused-ring (bicyclic) bond motifs is 1. The first-order valence-corrected chi connectivity index (χ1v) is 9.33. The Bertz CT molecular complexity index is 1060. The molecule has 1 amide bonds. The number of nitrogens with zero attached hydrogens (tertiary/aromatic N) is 1. The van der Waals surface area contributed by atoms with Crippen molar-refractivity contribution in [1.82, 2.24) is 4.98 Å². The number of benzene rings is 2. The van der Waals surface area contributed by atoms with E-state index in [0.717, 1.165) is 33.3 Å². The van der Waals surface area contributed by atoms with E-state index in [2.05, 4.69) is 10.3 Å². The topological polar surface area (TPSA) is 68.3 Å². The lowest BCUT2D eigenvalue weighted by molar-refractivity contribution is -0.119. The molecule has 0 aliphatic carbocycles. The molecular formula is C23H24N2O3. The summed E-state index contributed by atoms with van der Waals surface area (Å²) in [7, 11) is 0. The van der Waals surface area contributed by atoms with E-state index in [-0.39, 0.29) is 12.5 Å². The number of carbonyl (C=O) groups excluding carboxylic acids is 2. The summed E-state index contributed by atoms with van der Waals surface area (Å²) in [6.45, 7) is 7.35. The summed E-state index contributed by atoms with van der Waals surface area (Å²) in [5, 5.41) is 3.71. The van der Waals surface area contributed by atoms with Gasteiger partial charge in [0.1, 0.15) is 0 Å². The van der Waals surface area contributed by atoms with Crippen molar-refractivity contribution in [1.29, 1.82) is 0 Å². The Kier molecular flexibility index (Phi) is 5.73. The third-order valence-electron chi connectivity index (χ3n) is 4.77. The molecule has 0 unspecified atom stereocenters. The number of pyridine rings is 1. The van der Waals surface area contributed by atoms with Crippen LogP contribution in [0.4, 0.5) is 5.69 Å². The Morgan fingerprint density at radius 1 is 1.07 bits per heavy atom. The fraction of sp³-hybridized carbons (Fsp3) is 0.261. The quantitative estimate of drug-likeness (QED) is 0.665. The SMILES string of the molecule is CCc1nc2ccccc2c(C)c1C(=O)OCC(=O)Nc1cc(C)ccc1C. The summed E-state index contributed by atoms with van der Waals surface area (Å²) >= 11 is 0. The van der Waals surface area contributed by atoms with Gasteiger partial charge in [0.2, 0.25) is 0 Å². The second kappa shape index (κ2) is 8.21. The van der Waals surface area contributed by atoms with Gasteiger partial charge in [-0.05, 0) is 56.0 Å². The number of para-hydroxylation sites is 1. The molecule has 5 heteroatoms. The molecule has 0 radical (unpaired) electrons. The highest BCUT2D eigenvalue weighted by Gasteiger charge is 2.20. The molecule has 1 N–H and O–H groups in total. The minimum atomic E-state index is -0.524. The maximum absolute atomic E-state index is 12.7. The zero-order valence-electron chi connectivity index (χ0n) is 16.6. The van der Waals surface area contributed by atoms with Gasteiger partial charge in [0.25, 0.3) is 5.91 Å². The Balaban J connectivity index is 1.77. The molecule has 3 aromatic rings. The summed E-state index contributed by atoms with van der Waals surface area (Å²) in [5.41, 5.74) is 5.51. The Hall–Kier alpha value is -3.21. The molecule has 0 saturated carbocycles. The second-order valence-electron chi connectivity index (χ2n) is 6.87. The molecule has 1 heterocycles. The number of carbonyl (C=O) groups is 2. The highest BCUT2D eigenvalue weighted by molar-refractivity contribution is 6.00. The van der Waals surface area contributed by atoms with Gasteiger partial charge in [-0.1, -0.05) is 37.3 Å². The van der Waals surface area contributed by atoms with Gasteiger partial charge in [0.05, 0.1) is 16.8 Å². The molecule has 0 atom stereocenters. The summed E-state index contributed by atoms with van der Waals surface area (Å²) in [6, 6.07) is 13.5. The number of anilines is 1. The van der Waals surface area contributed by atoms with Crippen LogP contribution in [0.25, 0.3) is 10.9 Å². The summed E-state index contributed by atoms with van der Waals surface area (Å²) in [6.07, 6.45) is 0.602. The molecule has 1 aromatic heterocycles. The molecule has 0 spiro atoms. The highest BCUT2D eigenvalue weighted by Crippen LogP contribution is 2.24. The Morgan fingerprint density at radius 3 is 2.57 bits per heavy atom. The lowest BCUT2D eigenvalue weighted by atomic mass is 10.0. The van der Waals surface area contributed by atoms with Crippen LogP contribution in [0.15, 0.2) is 42.5 Å². The third kappa shape index (κ3) is 4.03. The fourth-order valence-corrected chi connectivity index (χ4v) is 3.23. The number of rotatable bonds is 5. The van der Waals surface area contributed by atoms with Crippen LogP contribution in [0.2, 0.25) is 0 Å². The first-order valence-electron chi connectivity index (χ1n) is 9.33. The van der Waals surface area contributed by atoms with E-state index in [4.69, 9.17) is 4.74 Å². The van der Waals surface area contributed by atoms with E-state index in [1.165, 1.54) is 0 Å². The molecule has 144 valence electrons. The molecule has 0 bridgehead atoms. The van der Waals surface area contributed by atoms with E-state index in [9.17, 15) is 9.59 Å². The van der Waals surface area contributed by atoms with Crippen molar-refractivity contribution in [2.24, 2.45) is 0 Å². The molecule has 3 rings (SSSR count). The number of amides is 1. The van der Waals surface area contributed by atoms with Gasteiger partial charge in [-0.15, -0.1) is 0 Å². The van der Waals surface area contributed by atoms with Crippen LogP contribution in [0, 0.1) is 20.8 Å². The van der Waals surface area contributed by atoms with Crippen LogP contribution in [0.5, 0.6) is 0 Å². The Labute approximate surface area is 164 Å². The van der Waals surface area contributed by atoms with Gasteiger partial charge in [-0.25, -0.2) is 4.79 Å². The van der Waals surface area contributed by atoms with Crippen LogP contribution in [-0.2, 0) is 16.0 Å². The number of aromatic nitrogens is 1. The van der Waals surface area contributed by atoms with Crippen molar-refractivity contribution in [2.45, 2.75) is 34.1 Å². The van der Waals surface area contributed by atoms with E-state index in [1.807, 2.05) is 70.2 Å². The van der Waals surface area contributed by atoms with Gasteiger partial charge in [-0.3, -0.25) is 9.78 Å². The smallest absolute Gasteiger partial charge is 0.340 e. The molecule has 0 aliphatic rings. The zero-order valence-corrected chi connectivity index (χ0v) is 16.6. The van der Waals surface area contributed by atoms with Crippen molar-refractivity contribution < 1.29 is 14.3 Å². The van der Waals surface area contributed by atoms with Gasteiger partial charge in [0.15, 0.2) is 6.61 Å². The van der Waals surface area contributed by atoms with Crippen molar-refractivity contribution in [3.05, 3.63) is 70.4 Å².